The SMILES string of the molecule is Cc1ccc(S(=O)(=O)N[C@H](COC(=O)[C@@H](C)[C@H](O)[C@H](C)OCc2ccccc2)C(C)C)cc1. The van der Waals surface area contributed by atoms with Gasteiger partial charge in [0.2, 0.25) is 10.0 Å². The summed E-state index contributed by atoms with van der Waals surface area (Å²) in [6, 6.07) is 15.5. The molecule has 0 saturated carbocycles. The molecule has 0 aliphatic carbocycles. The third kappa shape index (κ3) is 8.23. The first kappa shape index (κ1) is 27.0. The number of sulfonamides is 1. The highest BCUT2D eigenvalue weighted by molar-refractivity contribution is 7.89. The minimum atomic E-state index is -3.76. The molecule has 0 spiro atoms. The van der Waals surface area contributed by atoms with Gasteiger partial charge in [-0.05, 0) is 44.4 Å². The predicted molar refractivity (Wildman–Crippen MR) is 127 cm³/mol. The van der Waals surface area contributed by atoms with Gasteiger partial charge in [0.15, 0.2) is 0 Å². The number of hydrogen-bond acceptors (Lipinski definition) is 6. The lowest BCUT2D eigenvalue weighted by Gasteiger charge is -2.26. The van der Waals surface area contributed by atoms with Crippen molar-refractivity contribution < 1.29 is 27.8 Å². The fourth-order valence-corrected chi connectivity index (χ4v) is 4.47. The van der Waals surface area contributed by atoms with Crippen LogP contribution >= 0.6 is 0 Å². The number of nitrogens with one attached hydrogen (secondary N) is 1. The van der Waals surface area contributed by atoms with Gasteiger partial charge < -0.3 is 14.6 Å². The normalized spacial score (nSPS) is 15.6. The zero-order valence-corrected chi connectivity index (χ0v) is 20.7. The van der Waals surface area contributed by atoms with Crippen LogP contribution in [0, 0.1) is 18.8 Å². The second-order valence-corrected chi connectivity index (χ2v) is 10.4. The number of hydrogen-bond donors (Lipinski definition) is 2. The zero-order valence-electron chi connectivity index (χ0n) is 19.9. The van der Waals surface area contributed by atoms with Gasteiger partial charge in [-0.2, -0.15) is 0 Å². The molecule has 182 valence electrons. The maximum absolute atomic E-state index is 12.7. The Hall–Kier alpha value is -2.26. The van der Waals surface area contributed by atoms with Gasteiger partial charge in [0.25, 0.3) is 0 Å². The Balaban J connectivity index is 1.91. The van der Waals surface area contributed by atoms with Crippen LogP contribution < -0.4 is 4.72 Å². The molecule has 7 nitrogen and oxygen atoms in total. The second-order valence-electron chi connectivity index (χ2n) is 8.70. The smallest absolute Gasteiger partial charge is 0.311 e. The monoisotopic (exact) mass is 477 g/mol. The van der Waals surface area contributed by atoms with E-state index in [0.717, 1.165) is 11.1 Å². The molecule has 0 saturated heterocycles. The Morgan fingerprint density at radius 3 is 2.18 bits per heavy atom. The fourth-order valence-electron chi connectivity index (χ4n) is 3.10. The Labute approximate surface area is 197 Å². The summed E-state index contributed by atoms with van der Waals surface area (Å²) < 4.78 is 39.1. The van der Waals surface area contributed by atoms with E-state index in [2.05, 4.69) is 4.72 Å². The standard InChI is InChI=1S/C25H35NO6S/c1-17(2)23(26-33(29,30)22-13-11-18(3)12-14-22)16-32-25(28)19(4)24(27)20(5)31-15-21-9-7-6-8-10-21/h6-14,17,19-20,23-24,26-27H,15-16H2,1-5H3/t19-,20-,23+,24-/m0/s1. The van der Waals surface area contributed by atoms with Gasteiger partial charge in [-0.25, -0.2) is 13.1 Å². The number of aliphatic hydroxyl groups is 1. The quantitative estimate of drug-likeness (QED) is 0.454. The Kier molecular flexibility index (Phi) is 10.0. The van der Waals surface area contributed by atoms with Crippen molar-refractivity contribution >= 4 is 16.0 Å². The first-order valence-electron chi connectivity index (χ1n) is 11.1. The molecule has 2 aromatic rings. The lowest BCUT2D eigenvalue weighted by atomic mass is 10.0. The zero-order chi connectivity index (χ0) is 24.6. The van der Waals surface area contributed by atoms with Crippen LogP contribution in [0.5, 0.6) is 0 Å². The number of benzene rings is 2. The number of carbonyl (C=O) groups excluding carboxylic acids is 1. The third-order valence-corrected chi connectivity index (χ3v) is 7.07. The number of carbonyl (C=O) groups is 1. The Morgan fingerprint density at radius 2 is 1.61 bits per heavy atom. The highest BCUT2D eigenvalue weighted by Gasteiger charge is 2.30. The summed E-state index contributed by atoms with van der Waals surface area (Å²) in [5.74, 6) is -1.57. The van der Waals surface area contributed by atoms with E-state index < -0.39 is 40.2 Å². The third-order valence-electron chi connectivity index (χ3n) is 5.57. The molecule has 0 aliphatic rings. The topological polar surface area (TPSA) is 102 Å². The van der Waals surface area contributed by atoms with Crippen molar-refractivity contribution in [2.75, 3.05) is 6.61 Å². The van der Waals surface area contributed by atoms with Gasteiger partial charge in [0.05, 0.1) is 35.7 Å². The van der Waals surface area contributed by atoms with Gasteiger partial charge in [-0.15, -0.1) is 0 Å². The number of esters is 1. The van der Waals surface area contributed by atoms with Crippen LogP contribution in [0.3, 0.4) is 0 Å². The van der Waals surface area contributed by atoms with Crippen molar-refractivity contribution in [3.05, 3.63) is 65.7 Å². The maximum Gasteiger partial charge on any atom is 0.311 e. The van der Waals surface area contributed by atoms with E-state index in [1.54, 1.807) is 26.0 Å². The molecule has 0 fully saturated rings. The molecule has 2 rings (SSSR count). The molecule has 0 unspecified atom stereocenters. The Bertz CT molecular complexity index is 976. The largest absolute Gasteiger partial charge is 0.464 e. The molecule has 0 bridgehead atoms. The molecule has 33 heavy (non-hydrogen) atoms. The van der Waals surface area contributed by atoms with Crippen LogP contribution in [0.15, 0.2) is 59.5 Å². The number of ether oxygens (including phenoxy) is 2. The van der Waals surface area contributed by atoms with E-state index in [9.17, 15) is 18.3 Å². The van der Waals surface area contributed by atoms with Crippen molar-refractivity contribution in [1.29, 1.82) is 0 Å². The number of aliphatic hydroxyl groups excluding tert-OH is 1. The average Bonchev–Trinajstić information content (AvgIpc) is 2.79. The van der Waals surface area contributed by atoms with E-state index in [0.29, 0.717) is 6.61 Å². The fraction of sp³-hybridized carbons (Fsp3) is 0.480. The number of aryl methyl sites for hydroxylation is 1. The van der Waals surface area contributed by atoms with Crippen LogP contribution in [0.2, 0.25) is 0 Å². The minimum Gasteiger partial charge on any atom is -0.464 e. The van der Waals surface area contributed by atoms with Crippen molar-refractivity contribution in [1.82, 2.24) is 4.72 Å². The lowest BCUT2D eigenvalue weighted by molar-refractivity contribution is -0.157. The molecule has 0 aliphatic heterocycles. The average molecular weight is 478 g/mol. The first-order valence-corrected chi connectivity index (χ1v) is 12.6. The summed E-state index contributed by atoms with van der Waals surface area (Å²) >= 11 is 0. The van der Waals surface area contributed by atoms with Crippen molar-refractivity contribution in [3.8, 4) is 0 Å². The van der Waals surface area contributed by atoms with Gasteiger partial charge in [0, 0.05) is 0 Å². The van der Waals surface area contributed by atoms with Gasteiger partial charge in [-0.1, -0.05) is 61.9 Å². The van der Waals surface area contributed by atoms with E-state index in [1.165, 1.54) is 12.1 Å². The minimum absolute atomic E-state index is 0.119. The summed E-state index contributed by atoms with van der Waals surface area (Å²) in [5.41, 5.74) is 1.92. The summed E-state index contributed by atoms with van der Waals surface area (Å²) in [6.07, 6.45) is -1.66. The highest BCUT2D eigenvalue weighted by Crippen LogP contribution is 2.16. The molecular formula is C25H35NO6S. The van der Waals surface area contributed by atoms with Crippen molar-refractivity contribution in [3.63, 3.8) is 0 Å². The molecule has 0 heterocycles. The number of rotatable bonds is 12. The molecule has 0 aromatic heterocycles. The van der Waals surface area contributed by atoms with E-state index >= 15 is 0 Å². The van der Waals surface area contributed by atoms with Crippen LogP contribution in [-0.4, -0.2) is 44.4 Å². The van der Waals surface area contributed by atoms with Gasteiger partial charge in [-0.3, -0.25) is 4.79 Å². The van der Waals surface area contributed by atoms with E-state index in [1.807, 2.05) is 51.1 Å². The second kappa shape index (κ2) is 12.3. The van der Waals surface area contributed by atoms with E-state index in [-0.39, 0.29) is 17.4 Å². The van der Waals surface area contributed by atoms with E-state index in [4.69, 9.17) is 9.47 Å². The molecular weight excluding hydrogens is 442 g/mol. The van der Waals surface area contributed by atoms with Crippen LogP contribution in [0.25, 0.3) is 0 Å². The summed E-state index contributed by atoms with van der Waals surface area (Å²) in [4.78, 5) is 12.7. The van der Waals surface area contributed by atoms with Gasteiger partial charge in [0.1, 0.15) is 6.61 Å². The van der Waals surface area contributed by atoms with Crippen LogP contribution in [0.1, 0.15) is 38.8 Å². The summed E-state index contributed by atoms with van der Waals surface area (Å²) in [5, 5.41) is 10.5. The molecule has 4 atom stereocenters. The summed E-state index contributed by atoms with van der Waals surface area (Å²) in [7, 11) is -3.76. The summed E-state index contributed by atoms with van der Waals surface area (Å²) in [6.45, 7) is 9.00. The molecule has 8 heteroatoms. The van der Waals surface area contributed by atoms with Crippen molar-refractivity contribution in [2.45, 2.75) is 64.4 Å². The van der Waals surface area contributed by atoms with Crippen LogP contribution in [-0.2, 0) is 30.9 Å². The predicted octanol–water partition coefficient (Wildman–Crippen LogP) is 3.44. The molecule has 0 radical (unpaired) electrons. The Morgan fingerprint density at radius 1 is 1.00 bits per heavy atom. The molecule has 0 amide bonds. The highest BCUT2D eigenvalue weighted by atomic mass is 32.2. The molecule has 2 aromatic carbocycles. The molecule has 2 N–H and O–H groups in total. The maximum atomic E-state index is 12.7. The lowest BCUT2D eigenvalue weighted by Crippen LogP contribution is -2.43. The van der Waals surface area contributed by atoms with Crippen LogP contribution in [0.4, 0.5) is 0 Å². The van der Waals surface area contributed by atoms with Gasteiger partial charge >= 0.3 is 5.97 Å². The van der Waals surface area contributed by atoms with Crippen molar-refractivity contribution in [2.24, 2.45) is 11.8 Å². The first-order chi connectivity index (χ1) is 15.5.